The Morgan fingerprint density at radius 1 is 1.62 bits per heavy atom. The fourth-order valence-electron chi connectivity index (χ4n) is 1.30. The Labute approximate surface area is 82.7 Å². The second-order valence-electron chi connectivity index (χ2n) is 3.77. The van der Waals surface area contributed by atoms with Crippen LogP contribution in [0.5, 0.6) is 0 Å². The van der Waals surface area contributed by atoms with E-state index in [2.05, 4.69) is 10.6 Å². The van der Waals surface area contributed by atoms with Crippen LogP contribution in [0.15, 0.2) is 0 Å². The molecule has 2 atom stereocenters. The molecule has 1 saturated heterocycles. The lowest BCUT2D eigenvalue weighted by Gasteiger charge is -2.46. The maximum Gasteiger partial charge on any atom is 0.168 e. The highest BCUT2D eigenvalue weighted by molar-refractivity contribution is 7.80. The smallest absolute Gasteiger partial charge is 0.168 e. The van der Waals surface area contributed by atoms with Gasteiger partial charge >= 0.3 is 0 Å². The zero-order chi connectivity index (χ0) is 10.3. The van der Waals surface area contributed by atoms with E-state index in [4.69, 9.17) is 12.2 Å². The molecule has 0 aliphatic carbocycles. The predicted octanol–water partition coefficient (Wildman–Crippen LogP) is -0.232. The summed E-state index contributed by atoms with van der Waals surface area (Å²) in [5.41, 5.74) is -2.11. The molecule has 0 bridgehead atoms. The van der Waals surface area contributed by atoms with Gasteiger partial charge in [0.15, 0.2) is 5.11 Å². The Kier molecular flexibility index (Phi) is 2.34. The van der Waals surface area contributed by atoms with Crippen LogP contribution in [-0.2, 0) is 4.79 Å². The standard InChI is InChI=1S/C8H14N2O2S/c1-5(11)7(2)4-9-6(13)10-8(7,3)12/h12H,4H2,1-3H3,(H2,9,10,13). The average Bonchev–Trinajstić information content (AvgIpc) is 1.96. The maximum atomic E-state index is 11.4. The van der Waals surface area contributed by atoms with Gasteiger partial charge in [-0.3, -0.25) is 4.79 Å². The number of thiocarbonyl (C=S) groups is 1. The summed E-state index contributed by atoms with van der Waals surface area (Å²) < 4.78 is 0. The zero-order valence-corrected chi connectivity index (χ0v) is 8.79. The molecule has 3 N–H and O–H groups in total. The molecular weight excluding hydrogens is 188 g/mol. The fourth-order valence-corrected chi connectivity index (χ4v) is 1.57. The molecule has 1 aliphatic heterocycles. The van der Waals surface area contributed by atoms with Crippen LogP contribution in [0.2, 0.25) is 0 Å². The first-order valence-electron chi connectivity index (χ1n) is 4.09. The van der Waals surface area contributed by atoms with Gasteiger partial charge in [0.25, 0.3) is 0 Å². The van der Waals surface area contributed by atoms with Gasteiger partial charge < -0.3 is 15.7 Å². The molecule has 1 heterocycles. The lowest BCUT2D eigenvalue weighted by Crippen LogP contribution is -2.69. The molecule has 0 aromatic heterocycles. The van der Waals surface area contributed by atoms with Gasteiger partial charge in [0.05, 0.1) is 5.41 Å². The SMILES string of the molecule is CC(=O)C1(C)CNC(=S)NC1(C)O. The van der Waals surface area contributed by atoms with Crippen LogP contribution in [0.4, 0.5) is 0 Å². The summed E-state index contributed by atoms with van der Waals surface area (Å²) in [7, 11) is 0. The lowest BCUT2D eigenvalue weighted by atomic mass is 9.75. The second kappa shape index (κ2) is 2.92. The zero-order valence-electron chi connectivity index (χ0n) is 7.97. The molecule has 0 aromatic rings. The first-order chi connectivity index (χ1) is 5.79. The van der Waals surface area contributed by atoms with Crippen molar-refractivity contribution in [1.82, 2.24) is 10.6 Å². The van der Waals surface area contributed by atoms with E-state index < -0.39 is 11.1 Å². The van der Waals surface area contributed by atoms with Gasteiger partial charge in [0.2, 0.25) is 0 Å². The van der Waals surface area contributed by atoms with Crippen molar-refractivity contribution in [3.63, 3.8) is 0 Å². The average molecular weight is 202 g/mol. The minimum atomic E-state index is -1.28. The number of nitrogens with one attached hydrogen (secondary N) is 2. The highest BCUT2D eigenvalue weighted by Crippen LogP contribution is 2.31. The van der Waals surface area contributed by atoms with Gasteiger partial charge in [-0.1, -0.05) is 0 Å². The molecule has 0 saturated carbocycles. The number of carbonyl (C=O) groups excluding carboxylic acids is 1. The molecule has 1 fully saturated rings. The third-order valence-electron chi connectivity index (χ3n) is 2.81. The van der Waals surface area contributed by atoms with Gasteiger partial charge in [-0.15, -0.1) is 0 Å². The van der Waals surface area contributed by atoms with Crippen LogP contribution in [-0.4, -0.2) is 28.3 Å². The first-order valence-corrected chi connectivity index (χ1v) is 4.50. The van der Waals surface area contributed by atoms with E-state index >= 15 is 0 Å². The Morgan fingerprint density at radius 3 is 2.54 bits per heavy atom. The van der Waals surface area contributed by atoms with E-state index in [0.717, 1.165) is 0 Å². The lowest BCUT2D eigenvalue weighted by molar-refractivity contribution is -0.145. The number of rotatable bonds is 1. The topological polar surface area (TPSA) is 61.4 Å². The van der Waals surface area contributed by atoms with Gasteiger partial charge in [0, 0.05) is 6.54 Å². The molecule has 1 rings (SSSR count). The largest absolute Gasteiger partial charge is 0.370 e. The summed E-state index contributed by atoms with van der Waals surface area (Å²) in [6.07, 6.45) is 0. The van der Waals surface area contributed by atoms with E-state index in [1.807, 2.05) is 0 Å². The summed E-state index contributed by atoms with van der Waals surface area (Å²) in [6.45, 7) is 5.09. The summed E-state index contributed by atoms with van der Waals surface area (Å²) in [5, 5.41) is 15.9. The van der Waals surface area contributed by atoms with Crippen LogP contribution in [0.3, 0.4) is 0 Å². The van der Waals surface area contributed by atoms with E-state index in [1.54, 1.807) is 13.8 Å². The van der Waals surface area contributed by atoms with Crippen LogP contribution < -0.4 is 10.6 Å². The van der Waals surface area contributed by atoms with Crippen LogP contribution in [0.25, 0.3) is 0 Å². The molecule has 13 heavy (non-hydrogen) atoms. The summed E-state index contributed by atoms with van der Waals surface area (Å²) in [4.78, 5) is 11.4. The third-order valence-corrected chi connectivity index (χ3v) is 3.06. The fraction of sp³-hybridized carbons (Fsp3) is 0.750. The van der Waals surface area contributed by atoms with Crippen molar-refractivity contribution < 1.29 is 9.90 Å². The van der Waals surface area contributed by atoms with E-state index in [-0.39, 0.29) is 5.78 Å². The molecule has 74 valence electrons. The number of hydrogen-bond acceptors (Lipinski definition) is 3. The molecule has 2 unspecified atom stereocenters. The number of ketones is 1. The molecular formula is C8H14N2O2S. The minimum Gasteiger partial charge on any atom is -0.370 e. The van der Waals surface area contributed by atoms with Gasteiger partial charge in [-0.25, -0.2) is 0 Å². The van der Waals surface area contributed by atoms with Crippen molar-refractivity contribution in [3.05, 3.63) is 0 Å². The number of aliphatic hydroxyl groups is 1. The molecule has 1 aliphatic rings. The van der Waals surface area contributed by atoms with E-state index in [9.17, 15) is 9.90 Å². The Bertz CT molecular complexity index is 265. The predicted molar refractivity (Wildman–Crippen MR) is 53.1 cm³/mol. The van der Waals surface area contributed by atoms with Crippen molar-refractivity contribution in [2.24, 2.45) is 5.41 Å². The first kappa shape index (κ1) is 10.4. The third kappa shape index (κ3) is 1.53. The van der Waals surface area contributed by atoms with Crippen molar-refractivity contribution in [2.75, 3.05) is 6.54 Å². The molecule has 0 aromatic carbocycles. The number of carbonyl (C=O) groups is 1. The van der Waals surface area contributed by atoms with E-state index in [0.29, 0.717) is 11.7 Å². The summed E-state index contributed by atoms with van der Waals surface area (Å²) in [5.74, 6) is -0.0694. The monoisotopic (exact) mass is 202 g/mol. The Morgan fingerprint density at radius 2 is 2.15 bits per heavy atom. The quantitative estimate of drug-likeness (QED) is 0.513. The van der Waals surface area contributed by atoms with Crippen LogP contribution >= 0.6 is 12.2 Å². The van der Waals surface area contributed by atoms with Crippen molar-refractivity contribution in [2.45, 2.75) is 26.5 Å². The molecule has 0 spiro atoms. The van der Waals surface area contributed by atoms with Crippen molar-refractivity contribution >= 4 is 23.1 Å². The van der Waals surface area contributed by atoms with Gasteiger partial charge in [0.1, 0.15) is 11.5 Å². The summed E-state index contributed by atoms with van der Waals surface area (Å²) >= 11 is 4.85. The van der Waals surface area contributed by atoms with Crippen molar-refractivity contribution in [1.29, 1.82) is 0 Å². The minimum absolute atomic E-state index is 0.0694. The van der Waals surface area contributed by atoms with Crippen molar-refractivity contribution in [3.8, 4) is 0 Å². The highest BCUT2D eigenvalue weighted by atomic mass is 32.1. The highest BCUT2D eigenvalue weighted by Gasteiger charge is 2.50. The molecule has 0 amide bonds. The Hall–Kier alpha value is -0.680. The summed E-state index contributed by atoms with van der Waals surface area (Å²) in [6, 6.07) is 0. The van der Waals surface area contributed by atoms with E-state index in [1.165, 1.54) is 6.92 Å². The molecule has 5 heteroatoms. The Balaban J connectivity index is 2.99. The van der Waals surface area contributed by atoms with Crippen LogP contribution in [0.1, 0.15) is 20.8 Å². The maximum absolute atomic E-state index is 11.4. The number of Topliss-reactive ketones (excluding diaryl/α,β-unsaturated/α-hetero) is 1. The van der Waals surface area contributed by atoms with Crippen LogP contribution in [0, 0.1) is 5.41 Å². The molecule has 4 nitrogen and oxygen atoms in total. The second-order valence-corrected chi connectivity index (χ2v) is 4.18. The van der Waals surface area contributed by atoms with Gasteiger partial charge in [-0.05, 0) is 33.0 Å². The molecule has 0 radical (unpaired) electrons. The van der Waals surface area contributed by atoms with Gasteiger partial charge in [-0.2, -0.15) is 0 Å². The number of hydrogen-bond donors (Lipinski definition) is 3. The normalized spacial score (nSPS) is 39.2.